The maximum Gasteiger partial charge on any atom is 0.336 e. The van der Waals surface area contributed by atoms with Crippen LogP contribution in [0, 0.1) is 6.92 Å². The van der Waals surface area contributed by atoms with Crippen molar-refractivity contribution in [3.63, 3.8) is 0 Å². The molecule has 1 aromatic rings. The monoisotopic (exact) mass is 236 g/mol. The van der Waals surface area contributed by atoms with Crippen LogP contribution in [0.5, 0.6) is 0 Å². The van der Waals surface area contributed by atoms with Gasteiger partial charge in [-0.1, -0.05) is 44.5 Å². The number of hydrogen-bond acceptors (Lipinski definition) is 2. The number of rotatable bonds is 5. The first-order valence-electron chi connectivity index (χ1n) is 5.94. The van der Waals surface area contributed by atoms with Crippen molar-refractivity contribution in [1.82, 2.24) is 0 Å². The minimum atomic E-state index is -1.68. The normalized spacial score (nSPS) is 16.2. The fourth-order valence-electron chi connectivity index (χ4n) is 2.22. The number of benzene rings is 1. The molecule has 0 saturated heterocycles. The highest BCUT2D eigenvalue weighted by Crippen LogP contribution is 2.33. The fraction of sp³-hybridized carbons (Fsp3) is 0.500. The molecule has 0 aromatic heterocycles. The molecule has 2 atom stereocenters. The Morgan fingerprint density at radius 1 is 1.41 bits per heavy atom. The second-order valence-corrected chi connectivity index (χ2v) is 4.56. The second kappa shape index (κ2) is 5.32. The van der Waals surface area contributed by atoms with Crippen LogP contribution in [0.4, 0.5) is 0 Å². The predicted molar refractivity (Wildman–Crippen MR) is 67.1 cm³/mol. The van der Waals surface area contributed by atoms with E-state index in [0.29, 0.717) is 6.42 Å². The van der Waals surface area contributed by atoms with E-state index in [0.717, 1.165) is 11.1 Å². The maximum absolute atomic E-state index is 11.3. The van der Waals surface area contributed by atoms with Gasteiger partial charge in [0.15, 0.2) is 5.60 Å². The molecule has 0 spiro atoms. The highest BCUT2D eigenvalue weighted by Gasteiger charge is 2.41. The van der Waals surface area contributed by atoms with E-state index in [-0.39, 0.29) is 6.42 Å². The van der Waals surface area contributed by atoms with Crippen LogP contribution in [0.2, 0.25) is 0 Å². The standard InChI is InChI=1S/C14H20O3/c1-4-9-14(17,13(15)16)11(3)12-8-6-5-7-10(12)2/h5-8,11,17H,4,9H2,1-3H3,(H,15,16). The molecule has 0 aliphatic rings. The molecule has 1 aromatic carbocycles. The van der Waals surface area contributed by atoms with Gasteiger partial charge >= 0.3 is 5.97 Å². The number of carbonyl (C=O) groups is 1. The summed E-state index contributed by atoms with van der Waals surface area (Å²) in [6.45, 7) is 5.57. The summed E-state index contributed by atoms with van der Waals surface area (Å²) in [5.74, 6) is -1.56. The van der Waals surface area contributed by atoms with Crippen LogP contribution < -0.4 is 0 Å². The van der Waals surface area contributed by atoms with Crippen molar-refractivity contribution < 1.29 is 15.0 Å². The van der Waals surface area contributed by atoms with Gasteiger partial charge in [0, 0.05) is 5.92 Å². The molecule has 0 radical (unpaired) electrons. The van der Waals surface area contributed by atoms with Crippen molar-refractivity contribution in [2.75, 3.05) is 0 Å². The summed E-state index contributed by atoms with van der Waals surface area (Å²) in [7, 11) is 0. The van der Waals surface area contributed by atoms with Gasteiger partial charge in [-0.3, -0.25) is 0 Å². The summed E-state index contributed by atoms with van der Waals surface area (Å²) in [5, 5.41) is 19.6. The first-order valence-corrected chi connectivity index (χ1v) is 5.94. The molecular weight excluding hydrogens is 216 g/mol. The van der Waals surface area contributed by atoms with Gasteiger partial charge in [0.1, 0.15) is 0 Å². The third-order valence-electron chi connectivity index (χ3n) is 3.37. The lowest BCUT2D eigenvalue weighted by Gasteiger charge is -2.31. The molecular formula is C14H20O3. The van der Waals surface area contributed by atoms with Gasteiger partial charge < -0.3 is 10.2 Å². The molecule has 1 rings (SSSR count). The van der Waals surface area contributed by atoms with Crippen LogP contribution in [0.1, 0.15) is 43.7 Å². The summed E-state index contributed by atoms with van der Waals surface area (Å²) in [5.41, 5.74) is 0.225. The van der Waals surface area contributed by atoms with E-state index >= 15 is 0 Å². The molecule has 17 heavy (non-hydrogen) atoms. The molecule has 0 heterocycles. The lowest BCUT2D eigenvalue weighted by Crippen LogP contribution is -2.43. The zero-order chi connectivity index (χ0) is 13.1. The molecule has 2 N–H and O–H groups in total. The van der Waals surface area contributed by atoms with Gasteiger partial charge in [0.2, 0.25) is 0 Å². The molecule has 94 valence electrons. The minimum Gasteiger partial charge on any atom is -0.479 e. The Hall–Kier alpha value is -1.35. The molecule has 2 unspecified atom stereocenters. The van der Waals surface area contributed by atoms with Crippen molar-refractivity contribution in [3.05, 3.63) is 35.4 Å². The van der Waals surface area contributed by atoms with Crippen LogP contribution >= 0.6 is 0 Å². The highest BCUT2D eigenvalue weighted by molar-refractivity contribution is 5.78. The van der Waals surface area contributed by atoms with Gasteiger partial charge in [-0.25, -0.2) is 4.79 Å². The summed E-state index contributed by atoms with van der Waals surface area (Å²) in [4.78, 5) is 11.3. The first kappa shape index (κ1) is 13.7. The molecule has 0 saturated carbocycles. The number of aliphatic carboxylic acids is 1. The molecule has 3 nitrogen and oxygen atoms in total. The quantitative estimate of drug-likeness (QED) is 0.826. The van der Waals surface area contributed by atoms with Crippen molar-refractivity contribution in [1.29, 1.82) is 0 Å². The molecule has 0 bridgehead atoms. The van der Waals surface area contributed by atoms with Gasteiger partial charge in [0.05, 0.1) is 0 Å². The SMILES string of the molecule is CCCC(O)(C(=O)O)C(C)c1ccccc1C. The number of carboxylic acids is 1. The number of aryl methyl sites for hydroxylation is 1. The Morgan fingerprint density at radius 2 is 2.00 bits per heavy atom. The van der Waals surface area contributed by atoms with E-state index in [1.165, 1.54) is 0 Å². The lowest BCUT2D eigenvalue weighted by molar-refractivity contribution is -0.161. The Balaban J connectivity index is 3.13. The minimum absolute atomic E-state index is 0.262. The summed E-state index contributed by atoms with van der Waals surface area (Å²) in [6, 6.07) is 7.59. The largest absolute Gasteiger partial charge is 0.479 e. The van der Waals surface area contributed by atoms with E-state index < -0.39 is 17.5 Å². The van der Waals surface area contributed by atoms with Crippen molar-refractivity contribution in [2.24, 2.45) is 0 Å². The van der Waals surface area contributed by atoms with E-state index in [4.69, 9.17) is 0 Å². The van der Waals surface area contributed by atoms with Crippen LogP contribution in [-0.2, 0) is 4.79 Å². The topological polar surface area (TPSA) is 57.5 Å². The highest BCUT2D eigenvalue weighted by atomic mass is 16.4. The van der Waals surface area contributed by atoms with Gasteiger partial charge in [0.25, 0.3) is 0 Å². The molecule has 0 fully saturated rings. The van der Waals surface area contributed by atoms with Crippen LogP contribution in [-0.4, -0.2) is 21.8 Å². The second-order valence-electron chi connectivity index (χ2n) is 4.56. The first-order chi connectivity index (χ1) is 7.93. The van der Waals surface area contributed by atoms with E-state index in [1.807, 2.05) is 38.1 Å². The molecule has 0 aliphatic heterocycles. The zero-order valence-electron chi connectivity index (χ0n) is 10.6. The molecule has 0 amide bonds. The van der Waals surface area contributed by atoms with Crippen molar-refractivity contribution in [3.8, 4) is 0 Å². The van der Waals surface area contributed by atoms with Gasteiger partial charge in [-0.15, -0.1) is 0 Å². The smallest absolute Gasteiger partial charge is 0.336 e. The molecule has 0 aliphatic carbocycles. The third kappa shape index (κ3) is 2.67. The van der Waals surface area contributed by atoms with Crippen molar-refractivity contribution in [2.45, 2.75) is 45.1 Å². The average molecular weight is 236 g/mol. The third-order valence-corrected chi connectivity index (χ3v) is 3.37. The summed E-state index contributed by atoms with van der Waals surface area (Å²) >= 11 is 0. The van der Waals surface area contributed by atoms with Crippen LogP contribution in [0.15, 0.2) is 24.3 Å². The van der Waals surface area contributed by atoms with Crippen LogP contribution in [0.3, 0.4) is 0 Å². The Kier molecular flexibility index (Phi) is 4.29. The lowest BCUT2D eigenvalue weighted by atomic mass is 9.79. The summed E-state index contributed by atoms with van der Waals surface area (Å²) < 4.78 is 0. The summed E-state index contributed by atoms with van der Waals surface area (Å²) in [6.07, 6.45) is 0.900. The number of carboxylic acid groups (broad SMARTS) is 1. The van der Waals surface area contributed by atoms with Crippen molar-refractivity contribution >= 4 is 5.97 Å². The Morgan fingerprint density at radius 3 is 2.47 bits per heavy atom. The average Bonchev–Trinajstić information content (AvgIpc) is 2.28. The van der Waals surface area contributed by atoms with E-state index in [1.54, 1.807) is 6.92 Å². The Bertz CT molecular complexity index is 400. The van der Waals surface area contributed by atoms with E-state index in [2.05, 4.69) is 0 Å². The van der Waals surface area contributed by atoms with Gasteiger partial charge in [-0.2, -0.15) is 0 Å². The predicted octanol–water partition coefficient (Wildman–Crippen LogP) is 2.71. The Labute approximate surface area is 102 Å². The molecule has 3 heteroatoms. The zero-order valence-corrected chi connectivity index (χ0v) is 10.6. The van der Waals surface area contributed by atoms with Gasteiger partial charge in [-0.05, 0) is 24.5 Å². The fourth-order valence-corrected chi connectivity index (χ4v) is 2.22. The van der Waals surface area contributed by atoms with E-state index in [9.17, 15) is 15.0 Å². The maximum atomic E-state index is 11.3. The number of aliphatic hydroxyl groups is 1. The van der Waals surface area contributed by atoms with Crippen LogP contribution in [0.25, 0.3) is 0 Å². The number of hydrogen-bond donors (Lipinski definition) is 2.